The maximum atomic E-state index is 12.9. The Hall–Kier alpha value is -3.60. The van der Waals surface area contributed by atoms with E-state index in [1.165, 1.54) is 6.20 Å². The Labute approximate surface area is 190 Å². The number of hydrogen-bond donors (Lipinski definition) is 0. The van der Waals surface area contributed by atoms with Gasteiger partial charge in [0.15, 0.2) is 0 Å². The lowest BCUT2D eigenvalue weighted by Gasteiger charge is -2.35. The average Bonchev–Trinajstić information content (AvgIpc) is 3.28. The molecule has 0 aliphatic carbocycles. The summed E-state index contributed by atoms with van der Waals surface area (Å²) in [5.74, 6) is -0.253. The third-order valence-electron chi connectivity index (χ3n) is 5.33. The Morgan fingerprint density at radius 2 is 1.73 bits per heavy atom. The number of benzene rings is 2. The molecule has 0 atom stereocenters. The van der Waals surface area contributed by atoms with Crippen molar-refractivity contribution in [2.24, 2.45) is 0 Å². The first-order valence-corrected chi connectivity index (χ1v) is 10.2. The first kappa shape index (κ1) is 22.6. The SMILES string of the molecule is O=C(c1cnn(-c2ccc(Cl)cc2)c1)N1CCN(c2ccc(C(F)(F)F)cc2[N+](=O)[O-])CC1. The second-order valence-corrected chi connectivity index (χ2v) is 7.82. The van der Waals surface area contributed by atoms with Crippen molar-refractivity contribution < 1.29 is 22.9 Å². The molecule has 0 saturated carbocycles. The van der Waals surface area contributed by atoms with Crippen molar-refractivity contribution in [2.75, 3.05) is 31.1 Å². The van der Waals surface area contributed by atoms with Crippen molar-refractivity contribution >= 4 is 28.9 Å². The standard InChI is InChI=1S/C21H17ClF3N5O3/c22-16-2-4-17(5-3-16)29-13-14(12-26-29)20(31)28-9-7-27(8-10-28)18-6-1-15(21(23,24)25)11-19(18)30(32)33/h1-6,11-13H,7-10H2. The molecule has 1 aliphatic heterocycles. The van der Waals surface area contributed by atoms with Crippen molar-refractivity contribution in [3.8, 4) is 5.69 Å². The summed E-state index contributed by atoms with van der Waals surface area (Å²) in [7, 11) is 0. The number of amides is 1. The molecule has 1 fully saturated rings. The maximum Gasteiger partial charge on any atom is 0.416 e. The van der Waals surface area contributed by atoms with Gasteiger partial charge in [-0.25, -0.2) is 4.68 Å². The zero-order valence-corrected chi connectivity index (χ0v) is 17.8. The van der Waals surface area contributed by atoms with Crippen LogP contribution in [0.5, 0.6) is 0 Å². The molecule has 1 amide bonds. The Kier molecular flexibility index (Phi) is 5.98. The van der Waals surface area contributed by atoms with Gasteiger partial charge in [-0.1, -0.05) is 11.6 Å². The molecule has 4 rings (SSSR count). The summed E-state index contributed by atoms with van der Waals surface area (Å²) in [6, 6.07) is 9.41. The topological polar surface area (TPSA) is 84.5 Å². The van der Waals surface area contributed by atoms with Gasteiger partial charge in [0.1, 0.15) is 5.69 Å². The van der Waals surface area contributed by atoms with Crippen molar-refractivity contribution in [3.63, 3.8) is 0 Å². The lowest BCUT2D eigenvalue weighted by Crippen LogP contribution is -2.48. The van der Waals surface area contributed by atoms with Gasteiger partial charge in [0.05, 0.1) is 27.9 Å². The first-order valence-electron chi connectivity index (χ1n) is 9.84. The van der Waals surface area contributed by atoms with Gasteiger partial charge in [-0.05, 0) is 36.4 Å². The number of anilines is 1. The van der Waals surface area contributed by atoms with Crippen LogP contribution >= 0.6 is 11.6 Å². The molecular weight excluding hydrogens is 463 g/mol. The number of nitro benzene ring substituents is 1. The van der Waals surface area contributed by atoms with Gasteiger partial charge >= 0.3 is 6.18 Å². The molecule has 172 valence electrons. The molecule has 3 aromatic rings. The van der Waals surface area contributed by atoms with E-state index in [4.69, 9.17) is 11.6 Å². The summed E-state index contributed by atoms with van der Waals surface area (Å²) in [6.45, 7) is 0.985. The van der Waals surface area contributed by atoms with E-state index in [1.807, 2.05) is 0 Å². The fourth-order valence-corrected chi connectivity index (χ4v) is 3.74. The average molecular weight is 480 g/mol. The molecule has 1 aliphatic rings. The Morgan fingerprint density at radius 1 is 1.06 bits per heavy atom. The van der Waals surface area contributed by atoms with Crippen LogP contribution < -0.4 is 4.90 Å². The predicted octanol–water partition coefficient (Wildman–Crippen LogP) is 4.42. The van der Waals surface area contributed by atoms with Crippen LogP contribution in [-0.4, -0.2) is 51.7 Å². The number of nitrogens with zero attached hydrogens (tertiary/aromatic N) is 5. The van der Waals surface area contributed by atoms with E-state index in [1.54, 1.807) is 44.9 Å². The number of nitro groups is 1. The van der Waals surface area contributed by atoms with Gasteiger partial charge in [-0.15, -0.1) is 0 Å². The number of carbonyl (C=O) groups is 1. The minimum atomic E-state index is -4.68. The fraction of sp³-hybridized carbons (Fsp3) is 0.238. The highest BCUT2D eigenvalue weighted by Crippen LogP contribution is 2.36. The van der Waals surface area contributed by atoms with E-state index in [0.717, 1.165) is 17.8 Å². The summed E-state index contributed by atoms with van der Waals surface area (Å²) in [5.41, 5.74) is -0.495. The zero-order chi connectivity index (χ0) is 23.8. The highest BCUT2D eigenvalue weighted by molar-refractivity contribution is 6.30. The van der Waals surface area contributed by atoms with Gasteiger partial charge in [0.2, 0.25) is 0 Å². The molecule has 33 heavy (non-hydrogen) atoms. The van der Waals surface area contributed by atoms with Crippen LogP contribution in [0.3, 0.4) is 0 Å². The zero-order valence-electron chi connectivity index (χ0n) is 17.0. The van der Waals surface area contributed by atoms with E-state index in [2.05, 4.69) is 5.10 Å². The summed E-state index contributed by atoms with van der Waals surface area (Å²) in [4.78, 5) is 26.6. The largest absolute Gasteiger partial charge is 0.416 e. The van der Waals surface area contributed by atoms with E-state index < -0.39 is 22.4 Å². The Bertz CT molecular complexity index is 1190. The van der Waals surface area contributed by atoms with Crippen LogP contribution in [0.25, 0.3) is 5.69 Å². The third-order valence-corrected chi connectivity index (χ3v) is 5.58. The van der Waals surface area contributed by atoms with E-state index >= 15 is 0 Å². The molecule has 0 unspecified atom stereocenters. The number of hydrogen-bond acceptors (Lipinski definition) is 5. The minimum Gasteiger partial charge on any atom is -0.362 e. The smallest absolute Gasteiger partial charge is 0.362 e. The molecule has 12 heteroatoms. The number of piperazine rings is 1. The molecule has 0 spiro atoms. The lowest BCUT2D eigenvalue weighted by molar-refractivity contribution is -0.384. The second-order valence-electron chi connectivity index (χ2n) is 7.39. The Morgan fingerprint density at radius 3 is 2.33 bits per heavy atom. The highest BCUT2D eigenvalue weighted by atomic mass is 35.5. The Balaban J connectivity index is 1.45. The summed E-state index contributed by atoms with van der Waals surface area (Å²) < 4.78 is 40.4. The van der Waals surface area contributed by atoms with E-state index in [9.17, 15) is 28.1 Å². The van der Waals surface area contributed by atoms with Gasteiger partial charge < -0.3 is 9.80 Å². The minimum absolute atomic E-state index is 0.0932. The second kappa shape index (κ2) is 8.74. The van der Waals surface area contributed by atoms with Crippen LogP contribution in [-0.2, 0) is 6.18 Å². The molecule has 1 saturated heterocycles. The van der Waals surface area contributed by atoms with E-state index in [0.29, 0.717) is 16.7 Å². The van der Waals surface area contributed by atoms with Crippen molar-refractivity contribution in [1.29, 1.82) is 0 Å². The molecular formula is C21H17ClF3N5O3. The molecule has 0 N–H and O–H groups in total. The number of rotatable bonds is 4. The number of carbonyl (C=O) groups excluding carboxylic acids is 1. The maximum absolute atomic E-state index is 12.9. The molecule has 1 aromatic heterocycles. The monoisotopic (exact) mass is 479 g/mol. The molecule has 2 aromatic carbocycles. The number of aromatic nitrogens is 2. The summed E-state index contributed by atoms with van der Waals surface area (Å²) >= 11 is 5.89. The fourth-order valence-electron chi connectivity index (χ4n) is 3.61. The van der Waals surface area contributed by atoms with Crippen molar-refractivity contribution in [1.82, 2.24) is 14.7 Å². The van der Waals surface area contributed by atoms with Crippen LogP contribution in [0.2, 0.25) is 5.02 Å². The van der Waals surface area contributed by atoms with Crippen molar-refractivity contribution in [3.05, 3.63) is 81.1 Å². The van der Waals surface area contributed by atoms with E-state index in [-0.39, 0.29) is 37.8 Å². The first-order chi connectivity index (χ1) is 15.6. The third kappa shape index (κ3) is 4.77. The van der Waals surface area contributed by atoms with Gasteiger partial charge in [-0.2, -0.15) is 18.3 Å². The van der Waals surface area contributed by atoms with Crippen LogP contribution in [0, 0.1) is 10.1 Å². The van der Waals surface area contributed by atoms with Gasteiger partial charge in [0.25, 0.3) is 11.6 Å². The van der Waals surface area contributed by atoms with Crippen molar-refractivity contribution in [2.45, 2.75) is 6.18 Å². The molecule has 0 radical (unpaired) electrons. The van der Waals surface area contributed by atoms with Crippen LogP contribution in [0.15, 0.2) is 54.9 Å². The highest BCUT2D eigenvalue weighted by Gasteiger charge is 2.34. The summed E-state index contributed by atoms with van der Waals surface area (Å²) in [6.07, 6.45) is -1.63. The quantitative estimate of drug-likeness (QED) is 0.408. The normalized spacial score (nSPS) is 14.4. The molecule has 8 nitrogen and oxygen atoms in total. The van der Waals surface area contributed by atoms with Crippen LogP contribution in [0.1, 0.15) is 15.9 Å². The van der Waals surface area contributed by atoms with Gasteiger partial charge in [0, 0.05) is 43.5 Å². The predicted molar refractivity (Wildman–Crippen MR) is 115 cm³/mol. The van der Waals surface area contributed by atoms with Crippen LogP contribution in [0.4, 0.5) is 24.5 Å². The number of halogens is 4. The number of alkyl halides is 3. The van der Waals surface area contributed by atoms with Gasteiger partial charge in [-0.3, -0.25) is 14.9 Å². The molecule has 2 heterocycles. The molecule has 0 bridgehead atoms. The lowest BCUT2D eigenvalue weighted by atomic mass is 10.1. The summed E-state index contributed by atoms with van der Waals surface area (Å²) in [5, 5.41) is 16.1.